The smallest absolute Gasteiger partial charge is 0.256 e. The van der Waals surface area contributed by atoms with Crippen LogP contribution in [0.2, 0.25) is 0 Å². The van der Waals surface area contributed by atoms with Gasteiger partial charge in [-0.1, -0.05) is 54.6 Å². The van der Waals surface area contributed by atoms with E-state index in [-0.39, 0.29) is 5.91 Å². The molecule has 2 aliphatic rings. The topological polar surface area (TPSA) is 35.9 Å². The number of nitrogens with zero attached hydrogens (tertiary/aromatic N) is 3. The summed E-state index contributed by atoms with van der Waals surface area (Å²) in [5.74, 6) is 0.0847. The number of likely N-dealkylation sites (N-methyl/N-ethyl adjacent to an activating group) is 1. The van der Waals surface area contributed by atoms with Gasteiger partial charge in [0.2, 0.25) is 0 Å². The van der Waals surface area contributed by atoms with Gasteiger partial charge in [-0.15, -0.1) is 0 Å². The SMILES string of the molecule is CN(CC(=O)N1CCC(c2ccccc2)=N1)[C@@H]1CCCc2ccccc21. The maximum absolute atomic E-state index is 12.8. The fourth-order valence-corrected chi connectivity index (χ4v) is 4.06. The largest absolute Gasteiger partial charge is 0.290 e. The molecule has 2 aromatic carbocycles. The molecule has 1 aliphatic carbocycles. The minimum absolute atomic E-state index is 0.0847. The van der Waals surface area contributed by atoms with E-state index in [1.54, 1.807) is 5.01 Å². The quantitative estimate of drug-likeness (QED) is 0.847. The van der Waals surface area contributed by atoms with Gasteiger partial charge in [-0.3, -0.25) is 9.69 Å². The molecule has 0 bridgehead atoms. The van der Waals surface area contributed by atoms with Crippen LogP contribution < -0.4 is 0 Å². The van der Waals surface area contributed by atoms with Crippen LogP contribution in [0.1, 0.15) is 42.0 Å². The van der Waals surface area contributed by atoms with Gasteiger partial charge < -0.3 is 0 Å². The third kappa shape index (κ3) is 3.42. The molecule has 0 N–H and O–H groups in total. The Morgan fingerprint density at radius 3 is 2.73 bits per heavy atom. The average Bonchev–Trinajstić information content (AvgIpc) is 3.18. The lowest BCUT2D eigenvalue weighted by molar-refractivity contribution is -0.132. The summed E-state index contributed by atoms with van der Waals surface area (Å²) in [6.07, 6.45) is 4.26. The van der Waals surface area contributed by atoms with E-state index in [0.717, 1.165) is 30.5 Å². The molecular formula is C22H25N3O. The summed E-state index contributed by atoms with van der Waals surface area (Å²) in [5.41, 5.74) is 4.92. The molecule has 1 amide bonds. The van der Waals surface area contributed by atoms with Crippen LogP contribution in [0.3, 0.4) is 0 Å². The Balaban J connectivity index is 1.43. The summed E-state index contributed by atoms with van der Waals surface area (Å²) in [6, 6.07) is 19.1. The molecule has 0 aromatic heterocycles. The van der Waals surface area contributed by atoms with Gasteiger partial charge in [-0.05, 0) is 43.0 Å². The van der Waals surface area contributed by atoms with Gasteiger partial charge in [0.25, 0.3) is 5.91 Å². The molecule has 1 atom stereocenters. The van der Waals surface area contributed by atoms with Crippen molar-refractivity contribution in [2.24, 2.45) is 5.10 Å². The van der Waals surface area contributed by atoms with Gasteiger partial charge in [0.15, 0.2) is 0 Å². The monoisotopic (exact) mass is 347 g/mol. The Kier molecular flexibility index (Phi) is 4.85. The summed E-state index contributed by atoms with van der Waals surface area (Å²) < 4.78 is 0. The molecule has 1 aliphatic heterocycles. The van der Waals surface area contributed by atoms with Gasteiger partial charge in [-0.2, -0.15) is 5.10 Å². The van der Waals surface area contributed by atoms with Crippen molar-refractivity contribution >= 4 is 11.6 Å². The summed E-state index contributed by atoms with van der Waals surface area (Å²) in [4.78, 5) is 15.0. The Morgan fingerprint density at radius 1 is 1.12 bits per heavy atom. The molecule has 2 aromatic rings. The van der Waals surface area contributed by atoms with E-state index in [1.807, 2.05) is 18.2 Å². The van der Waals surface area contributed by atoms with E-state index in [2.05, 4.69) is 53.4 Å². The van der Waals surface area contributed by atoms with Crippen LogP contribution in [-0.4, -0.2) is 41.7 Å². The minimum Gasteiger partial charge on any atom is -0.290 e. The van der Waals surface area contributed by atoms with Crippen LogP contribution in [0.15, 0.2) is 59.7 Å². The van der Waals surface area contributed by atoms with Crippen LogP contribution in [0.4, 0.5) is 0 Å². The lowest BCUT2D eigenvalue weighted by atomic mass is 9.87. The van der Waals surface area contributed by atoms with Crippen molar-refractivity contribution in [2.45, 2.75) is 31.7 Å². The van der Waals surface area contributed by atoms with Crippen LogP contribution >= 0.6 is 0 Å². The van der Waals surface area contributed by atoms with Crippen LogP contribution in [-0.2, 0) is 11.2 Å². The first kappa shape index (κ1) is 17.0. The molecule has 0 saturated carbocycles. The van der Waals surface area contributed by atoms with E-state index in [9.17, 15) is 4.79 Å². The van der Waals surface area contributed by atoms with E-state index in [1.165, 1.54) is 17.5 Å². The Hall–Kier alpha value is -2.46. The summed E-state index contributed by atoms with van der Waals surface area (Å²) >= 11 is 0. The molecule has 0 radical (unpaired) electrons. The molecule has 0 fully saturated rings. The maximum Gasteiger partial charge on any atom is 0.256 e. The number of carbonyl (C=O) groups excluding carboxylic acids is 1. The second-order valence-electron chi connectivity index (χ2n) is 7.20. The number of benzene rings is 2. The normalized spacial score (nSPS) is 19.4. The second kappa shape index (κ2) is 7.42. The molecule has 4 heteroatoms. The van der Waals surface area contributed by atoms with Gasteiger partial charge in [0, 0.05) is 12.5 Å². The highest BCUT2D eigenvalue weighted by Crippen LogP contribution is 2.33. The van der Waals surface area contributed by atoms with Crippen molar-refractivity contribution in [3.8, 4) is 0 Å². The molecule has 1 heterocycles. The highest BCUT2D eigenvalue weighted by Gasteiger charge is 2.27. The van der Waals surface area contributed by atoms with E-state index < -0.39 is 0 Å². The fraction of sp³-hybridized carbons (Fsp3) is 0.364. The highest BCUT2D eigenvalue weighted by atomic mass is 16.2. The van der Waals surface area contributed by atoms with Gasteiger partial charge >= 0.3 is 0 Å². The Morgan fingerprint density at radius 2 is 1.88 bits per heavy atom. The number of hydrogen-bond acceptors (Lipinski definition) is 3. The molecule has 4 rings (SSSR count). The Labute approximate surface area is 155 Å². The molecule has 0 spiro atoms. The third-order valence-corrected chi connectivity index (χ3v) is 5.45. The zero-order chi connectivity index (χ0) is 17.9. The lowest BCUT2D eigenvalue weighted by Gasteiger charge is -2.33. The van der Waals surface area contributed by atoms with E-state index in [4.69, 9.17) is 0 Å². The fourth-order valence-electron chi connectivity index (χ4n) is 4.06. The number of carbonyl (C=O) groups is 1. The van der Waals surface area contributed by atoms with Crippen molar-refractivity contribution in [3.63, 3.8) is 0 Å². The van der Waals surface area contributed by atoms with Crippen molar-refractivity contribution < 1.29 is 4.79 Å². The standard InChI is InChI=1S/C22H25N3O/c1-24(21-13-7-11-17-8-5-6-12-19(17)21)16-22(26)25-15-14-20(23-25)18-9-3-2-4-10-18/h2-6,8-10,12,21H,7,11,13-16H2,1H3/t21-/m1/s1. The zero-order valence-corrected chi connectivity index (χ0v) is 15.3. The number of rotatable bonds is 4. The first-order valence-electron chi connectivity index (χ1n) is 9.43. The summed E-state index contributed by atoms with van der Waals surface area (Å²) in [5, 5.41) is 6.22. The Bertz CT molecular complexity index is 815. The molecule has 0 unspecified atom stereocenters. The minimum atomic E-state index is 0.0847. The number of amides is 1. The van der Waals surface area contributed by atoms with Crippen molar-refractivity contribution in [1.82, 2.24) is 9.91 Å². The maximum atomic E-state index is 12.8. The zero-order valence-electron chi connectivity index (χ0n) is 15.3. The van der Waals surface area contributed by atoms with Gasteiger partial charge in [0.05, 0.1) is 18.8 Å². The van der Waals surface area contributed by atoms with Crippen molar-refractivity contribution in [3.05, 3.63) is 71.3 Å². The van der Waals surface area contributed by atoms with Gasteiger partial charge in [0.1, 0.15) is 0 Å². The van der Waals surface area contributed by atoms with Crippen LogP contribution in [0, 0.1) is 0 Å². The van der Waals surface area contributed by atoms with Crippen LogP contribution in [0.25, 0.3) is 0 Å². The highest BCUT2D eigenvalue weighted by molar-refractivity contribution is 6.02. The molecular weight excluding hydrogens is 322 g/mol. The average molecular weight is 347 g/mol. The molecule has 134 valence electrons. The molecule has 4 nitrogen and oxygen atoms in total. The number of fused-ring (bicyclic) bond motifs is 1. The first-order valence-corrected chi connectivity index (χ1v) is 9.43. The summed E-state index contributed by atoms with van der Waals surface area (Å²) in [6.45, 7) is 1.09. The van der Waals surface area contributed by atoms with Crippen molar-refractivity contribution in [1.29, 1.82) is 0 Å². The first-order chi connectivity index (χ1) is 12.7. The lowest BCUT2D eigenvalue weighted by Crippen LogP contribution is -2.38. The molecule has 26 heavy (non-hydrogen) atoms. The number of hydrogen-bond donors (Lipinski definition) is 0. The predicted octanol–water partition coefficient (Wildman–Crippen LogP) is 3.63. The second-order valence-corrected chi connectivity index (χ2v) is 7.20. The predicted molar refractivity (Wildman–Crippen MR) is 104 cm³/mol. The number of aryl methyl sites for hydroxylation is 1. The molecule has 0 saturated heterocycles. The third-order valence-electron chi connectivity index (χ3n) is 5.45. The number of hydrazone groups is 1. The van der Waals surface area contributed by atoms with Crippen molar-refractivity contribution in [2.75, 3.05) is 20.1 Å². The van der Waals surface area contributed by atoms with E-state index in [0.29, 0.717) is 19.1 Å². The van der Waals surface area contributed by atoms with Gasteiger partial charge in [-0.25, -0.2) is 5.01 Å². The summed E-state index contributed by atoms with van der Waals surface area (Å²) in [7, 11) is 2.06. The van der Waals surface area contributed by atoms with Crippen LogP contribution in [0.5, 0.6) is 0 Å². The van der Waals surface area contributed by atoms with E-state index >= 15 is 0 Å².